The Hall–Kier alpha value is -1.17. The Bertz CT molecular complexity index is 453. The lowest BCUT2D eigenvalue weighted by Gasteiger charge is -2.32. The molecule has 6 heteroatoms. The molecule has 0 bridgehead atoms. The summed E-state index contributed by atoms with van der Waals surface area (Å²) in [7, 11) is 0. The molecule has 1 aliphatic rings. The number of rotatable bonds is 6. The molecule has 1 aromatic carbocycles. The van der Waals surface area contributed by atoms with Crippen LogP contribution in [0.4, 0.5) is 4.39 Å². The van der Waals surface area contributed by atoms with E-state index < -0.39 is 0 Å². The van der Waals surface area contributed by atoms with Gasteiger partial charge in [0.05, 0.1) is 6.54 Å². The number of likely N-dealkylation sites (tertiary alicyclic amines) is 1. The van der Waals surface area contributed by atoms with Crippen LogP contribution in [0, 0.1) is 11.7 Å². The fourth-order valence-electron chi connectivity index (χ4n) is 2.83. The summed E-state index contributed by atoms with van der Waals surface area (Å²) in [6, 6.07) is 6.19. The third-order valence-electron chi connectivity index (χ3n) is 3.95. The highest BCUT2D eigenvalue weighted by molar-refractivity contribution is 5.85. The summed E-state index contributed by atoms with van der Waals surface area (Å²) in [5.41, 5.74) is 6.51. The summed E-state index contributed by atoms with van der Waals surface area (Å²) in [6.45, 7) is 3.53. The van der Waals surface area contributed by atoms with E-state index in [0.29, 0.717) is 19.0 Å². The summed E-state index contributed by atoms with van der Waals surface area (Å²) >= 11 is 0. The zero-order chi connectivity index (χ0) is 15.1. The second-order valence-corrected chi connectivity index (χ2v) is 5.72. The maximum absolute atomic E-state index is 12.8. The Kier molecular flexibility index (Phi) is 8.38. The van der Waals surface area contributed by atoms with Gasteiger partial charge in [0.1, 0.15) is 5.82 Å². The average Bonchev–Trinajstić information content (AvgIpc) is 2.47. The molecular formula is C16H25ClFN3O. The van der Waals surface area contributed by atoms with E-state index in [4.69, 9.17) is 5.73 Å². The molecule has 1 aliphatic heterocycles. The van der Waals surface area contributed by atoms with Crippen LogP contribution in [0.2, 0.25) is 0 Å². The van der Waals surface area contributed by atoms with E-state index in [1.807, 2.05) is 0 Å². The third-order valence-corrected chi connectivity index (χ3v) is 3.95. The maximum Gasteiger partial charge on any atom is 0.234 e. The van der Waals surface area contributed by atoms with E-state index in [1.165, 1.54) is 18.6 Å². The Labute approximate surface area is 137 Å². The highest BCUT2D eigenvalue weighted by Gasteiger charge is 2.20. The van der Waals surface area contributed by atoms with Gasteiger partial charge in [-0.3, -0.25) is 9.69 Å². The van der Waals surface area contributed by atoms with Crippen LogP contribution < -0.4 is 11.1 Å². The first-order valence-electron chi connectivity index (χ1n) is 7.61. The molecule has 4 nitrogen and oxygen atoms in total. The van der Waals surface area contributed by atoms with Crippen LogP contribution in [-0.2, 0) is 11.3 Å². The molecule has 1 heterocycles. The maximum atomic E-state index is 12.8. The molecule has 0 aliphatic carbocycles. The molecule has 2 rings (SSSR count). The number of carbonyl (C=O) groups excluding carboxylic acids is 1. The van der Waals surface area contributed by atoms with E-state index in [1.54, 1.807) is 12.1 Å². The first-order valence-corrected chi connectivity index (χ1v) is 7.61. The van der Waals surface area contributed by atoms with E-state index in [0.717, 1.165) is 38.0 Å². The van der Waals surface area contributed by atoms with Crippen molar-refractivity contribution in [1.29, 1.82) is 0 Å². The predicted octanol–water partition coefficient (Wildman–Crippen LogP) is 1.92. The van der Waals surface area contributed by atoms with Crippen LogP contribution in [0.5, 0.6) is 0 Å². The molecule has 0 radical (unpaired) electrons. The van der Waals surface area contributed by atoms with E-state index in [9.17, 15) is 9.18 Å². The van der Waals surface area contributed by atoms with E-state index in [-0.39, 0.29) is 24.1 Å². The monoisotopic (exact) mass is 329 g/mol. The normalized spacial score (nSPS) is 18.5. The van der Waals surface area contributed by atoms with Crippen LogP contribution in [-0.4, -0.2) is 37.0 Å². The van der Waals surface area contributed by atoms with Crippen LogP contribution in [0.25, 0.3) is 0 Å². The van der Waals surface area contributed by atoms with Crippen molar-refractivity contribution in [1.82, 2.24) is 10.2 Å². The molecule has 1 atom stereocenters. The largest absolute Gasteiger partial charge is 0.351 e. The van der Waals surface area contributed by atoms with Gasteiger partial charge >= 0.3 is 0 Å². The van der Waals surface area contributed by atoms with Gasteiger partial charge in [-0.15, -0.1) is 12.4 Å². The molecule has 1 saturated heterocycles. The fraction of sp³-hybridized carbons (Fsp3) is 0.562. The van der Waals surface area contributed by atoms with Gasteiger partial charge in [0.25, 0.3) is 0 Å². The molecule has 1 aromatic rings. The van der Waals surface area contributed by atoms with Crippen molar-refractivity contribution in [3.63, 3.8) is 0 Å². The average molecular weight is 330 g/mol. The lowest BCUT2D eigenvalue weighted by atomic mass is 9.95. The van der Waals surface area contributed by atoms with Gasteiger partial charge in [-0.1, -0.05) is 12.1 Å². The quantitative estimate of drug-likeness (QED) is 0.838. The van der Waals surface area contributed by atoms with Crippen LogP contribution in [0.1, 0.15) is 24.8 Å². The van der Waals surface area contributed by atoms with Crippen LogP contribution >= 0.6 is 12.4 Å². The summed E-state index contributed by atoms with van der Waals surface area (Å²) < 4.78 is 12.8. The minimum Gasteiger partial charge on any atom is -0.351 e. The number of piperidine rings is 1. The minimum absolute atomic E-state index is 0. The molecule has 1 unspecified atom stereocenters. The van der Waals surface area contributed by atoms with E-state index in [2.05, 4.69) is 10.2 Å². The Morgan fingerprint density at radius 2 is 2.09 bits per heavy atom. The van der Waals surface area contributed by atoms with Gasteiger partial charge in [0.15, 0.2) is 0 Å². The first kappa shape index (κ1) is 18.9. The van der Waals surface area contributed by atoms with Crippen molar-refractivity contribution in [2.45, 2.75) is 25.8 Å². The topological polar surface area (TPSA) is 58.4 Å². The summed E-state index contributed by atoms with van der Waals surface area (Å²) in [5.74, 6) is 0.380. The number of nitrogens with zero attached hydrogens (tertiary/aromatic N) is 1. The Morgan fingerprint density at radius 1 is 1.36 bits per heavy atom. The molecule has 22 heavy (non-hydrogen) atoms. The highest BCUT2D eigenvalue weighted by Crippen LogP contribution is 2.18. The van der Waals surface area contributed by atoms with Crippen molar-refractivity contribution >= 4 is 18.3 Å². The smallest absolute Gasteiger partial charge is 0.234 e. The van der Waals surface area contributed by atoms with Crippen molar-refractivity contribution in [2.75, 3.05) is 26.2 Å². The van der Waals surface area contributed by atoms with Crippen LogP contribution in [0.3, 0.4) is 0 Å². The lowest BCUT2D eigenvalue weighted by Crippen LogP contribution is -2.42. The number of amides is 1. The molecule has 1 amide bonds. The van der Waals surface area contributed by atoms with Gasteiger partial charge in [-0.2, -0.15) is 0 Å². The number of nitrogens with one attached hydrogen (secondary N) is 1. The van der Waals surface area contributed by atoms with Crippen molar-refractivity contribution in [3.05, 3.63) is 35.6 Å². The van der Waals surface area contributed by atoms with Gasteiger partial charge in [0.2, 0.25) is 5.91 Å². The molecule has 0 spiro atoms. The van der Waals surface area contributed by atoms with Gasteiger partial charge in [-0.05, 0) is 56.0 Å². The van der Waals surface area contributed by atoms with Gasteiger partial charge in [0, 0.05) is 13.1 Å². The molecular weight excluding hydrogens is 305 g/mol. The van der Waals surface area contributed by atoms with Gasteiger partial charge < -0.3 is 11.1 Å². The minimum atomic E-state index is -0.260. The number of nitrogens with two attached hydrogens (primary N) is 1. The highest BCUT2D eigenvalue weighted by atomic mass is 35.5. The number of hydrogen-bond donors (Lipinski definition) is 2. The lowest BCUT2D eigenvalue weighted by molar-refractivity contribution is -0.122. The Balaban J connectivity index is 0.00000242. The first-order chi connectivity index (χ1) is 10.2. The Morgan fingerprint density at radius 3 is 2.77 bits per heavy atom. The zero-order valence-corrected chi connectivity index (χ0v) is 13.6. The van der Waals surface area contributed by atoms with E-state index >= 15 is 0 Å². The summed E-state index contributed by atoms with van der Waals surface area (Å²) in [6.07, 6.45) is 3.38. The third kappa shape index (κ3) is 6.30. The predicted molar refractivity (Wildman–Crippen MR) is 88.3 cm³/mol. The van der Waals surface area contributed by atoms with Crippen molar-refractivity contribution in [2.24, 2.45) is 11.7 Å². The standard InChI is InChI=1S/C16H24FN3O.ClH/c17-15-5-3-13(4-6-15)10-19-16(21)12-20-9-1-2-14(11-20)7-8-18;/h3-6,14H,1-2,7-12,18H2,(H,19,21);1H. The number of carbonyl (C=O) groups is 1. The molecule has 124 valence electrons. The van der Waals surface area contributed by atoms with Crippen molar-refractivity contribution < 1.29 is 9.18 Å². The summed E-state index contributed by atoms with van der Waals surface area (Å²) in [5, 5.41) is 2.88. The van der Waals surface area contributed by atoms with Gasteiger partial charge in [-0.25, -0.2) is 4.39 Å². The van der Waals surface area contributed by atoms with Crippen LogP contribution in [0.15, 0.2) is 24.3 Å². The fourth-order valence-corrected chi connectivity index (χ4v) is 2.83. The molecule has 3 N–H and O–H groups in total. The number of halogens is 2. The second kappa shape index (κ2) is 9.77. The number of hydrogen-bond acceptors (Lipinski definition) is 3. The molecule has 0 saturated carbocycles. The van der Waals surface area contributed by atoms with Crippen molar-refractivity contribution in [3.8, 4) is 0 Å². The second-order valence-electron chi connectivity index (χ2n) is 5.72. The number of benzene rings is 1. The molecule has 0 aromatic heterocycles. The SMILES string of the molecule is Cl.NCCC1CCCN(CC(=O)NCc2ccc(F)cc2)C1. The summed E-state index contributed by atoms with van der Waals surface area (Å²) in [4.78, 5) is 14.2. The zero-order valence-electron chi connectivity index (χ0n) is 12.8. The molecule has 1 fully saturated rings.